The minimum Gasteiger partial charge on any atom is -0.397 e. The van der Waals surface area contributed by atoms with E-state index in [-0.39, 0.29) is 11.4 Å². The maximum Gasteiger partial charge on any atom is 0.319 e. The van der Waals surface area contributed by atoms with Crippen LogP contribution in [-0.4, -0.2) is 13.1 Å². The molecule has 0 aliphatic carbocycles. The maximum atomic E-state index is 13.0. The molecule has 1 aromatic carbocycles. The Bertz CT molecular complexity index is 345. The Morgan fingerprint density at radius 2 is 2.07 bits per heavy atom. The van der Waals surface area contributed by atoms with E-state index in [1.54, 1.807) is 0 Å². The summed E-state index contributed by atoms with van der Waals surface area (Å²) < 4.78 is 25.6. The highest BCUT2D eigenvalue weighted by molar-refractivity contribution is 5.92. The number of nitrogen functional groups attached to an aromatic ring is 1. The number of halogens is 2. The molecule has 4 N–H and O–H groups in total. The zero-order chi connectivity index (χ0) is 10.7. The van der Waals surface area contributed by atoms with E-state index in [1.165, 1.54) is 7.05 Å². The van der Waals surface area contributed by atoms with E-state index in [4.69, 9.17) is 5.73 Å². The fraction of sp³-hybridized carbons (Fsp3) is 0.125. The number of amides is 2. The second-order valence-corrected chi connectivity index (χ2v) is 2.56. The van der Waals surface area contributed by atoms with Gasteiger partial charge in [0, 0.05) is 13.1 Å². The molecule has 14 heavy (non-hydrogen) atoms. The highest BCUT2D eigenvalue weighted by Gasteiger charge is 2.10. The van der Waals surface area contributed by atoms with Crippen LogP contribution in [-0.2, 0) is 0 Å². The molecule has 0 spiro atoms. The minimum absolute atomic E-state index is 0.161. The first-order valence-electron chi connectivity index (χ1n) is 3.78. The van der Waals surface area contributed by atoms with Crippen molar-refractivity contribution >= 4 is 17.4 Å². The molecule has 2 amide bonds. The van der Waals surface area contributed by atoms with Crippen LogP contribution in [0.5, 0.6) is 0 Å². The van der Waals surface area contributed by atoms with E-state index in [9.17, 15) is 13.6 Å². The number of hydrogen-bond acceptors (Lipinski definition) is 2. The van der Waals surface area contributed by atoms with Crippen LogP contribution in [0.25, 0.3) is 0 Å². The summed E-state index contributed by atoms with van der Waals surface area (Å²) in [6.45, 7) is 0. The number of urea groups is 1. The van der Waals surface area contributed by atoms with Crippen molar-refractivity contribution in [1.82, 2.24) is 5.32 Å². The third kappa shape index (κ3) is 2.09. The predicted octanol–water partition coefficient (Wildman–Crippen LogP) is 1.30. The zero-order valence-electron chi connectivity index (χ0n) is 7.40. The molecule has 0 aliphatic rings. The number of rotatable bonds is 1. The quantitative estimate of drug-likeness (QED) is 0.599. The predicted molar refractivity (Wildman–Crippen MR) is 48.8 cm³/mol. The topological polar surface area (TPSA) is 67.2 Å². The van der Waals surface area contributed by atoms with Crippen LogP contribution < -0.4 is 16.4 Å². The Balaban J connectivity index is 3.02. The highest BCUT2D eigenvalue weighted by atomic mass is 19.1. The minimum atomic E-state index is -0.911. The van der Waals surface area contributed by atoms with Gasteiger partial charge in [-0.25, -0.2) is 13.6 Å². The van der Waals surface area contributed by atoms with Gasteiger partial charge in [0.1, 0.15) is 11.5 Å². The normalized spacial score (nSPS) is 9.64. The standard InChI is InChI=1S/C8H9F2N3O/c1-12-8(14)13-7-5(10)2-4(9)3-6(7)11/h2-3H,11H2,1H3,(H2,12,13,14). The lowest BCUT2D eigenvalue weighted by molar-refractivity contribution is 0.254. The van der Waals surface area contributed by atoms with Gasteiger partial charge in [0.05, 0.1) is 5.69 Å². The average molecular weight is 201 g/mol. The van der Waals surface area contributed by atoms with Crippen LogP contribution in [0.3, 0.4) is 0 Å². The number of anilines is 2. The summed E-state index contributed by atoms with van der Waals surface area (Å²) in [5.41, 5.74) is 4.91. The van der Waals surface area contributed by atoms with Crippen molar-refractivity contribution in [3.05, 3.63) is 23.8 Å². The lowest BCUT2D eigenvalue weighted by Crippen LogP contribution is -2.25. The van der Waals surface area contributed by atoms with E-state index in [1.807, 2.05) is 0 Å². The number of carbonyl (C=O) groups is 1. The van der Waals surface area contributed by atoms with Crippen molar-refractivity contribution in [2.45, 2.75) is 0 Å². The number of carbonyl (C=O) groups excluding carboxylic acids is 1. The van der Waals surface area contributed by atoms with Crippen LogP contribution in [0.2, 0.25) is 0 Å². The largest absolute Gasteiger partial charge is 0.397 e. The molecule has 0 unspecified atom stereocenters. The maximum absolute atomic E-state index is 13.0. The Hall–Kier alpha value is -1.85. The second kappa shape index (κ2) is 3.91. The van der Waals surface area contributed by atoms with E-state index >= 15 is 0 Å². The molecular weight excluding hydrogens is 192 g/mol. The molecule has 1 rings (SSSR count). The van der Waals surface area contributed by atoms with Gasteiger partial charge in [-0.3, -0.25) is 0 Å². The van der Waals surface area contributed by atoms with E-state index in [0.717, 1.165) is 6.07 Å². The summed E-state index contributed by atoms with van der Waals surface area (Å²) in [5, 5.41) is 4.36. The SMILES string of the molecule is CNC(=O)Nc1c(N)cc(F)cc1F. The molecule has 0 bridgehead atoms. The molecule has 0 aromatic heterocycles. The summed E-state index contributed by atoms with van der Waals surface area (Å²) in [7, 11) is 1.37. The zero-order valence-corrected chi connectivity index (χ0v) is 7.40. The van der Waals surface area contributed by atoms with Crippen LogP contribution in [0, 0.1) is 11.6 Å². The average Bonchev–Trinajstić information content (AvgIpc) is 2.10. The Kier molecular flexibility index (Phi) is 2.85. The molecule has 76 valence electrons. The van der Waals surface area contributed by atoms with Crippen molar-refractivity contribution in [1.29, 1.82) is 0 Å². The van der Waals surface area contributed by atoms with Crippen molar-refractivity contribution < 1.29 is 13.6 Å². The van der Waals surface area contributed by atoms with Crippen molar-refractivity contribution in [2.24, 2.45) is 0 Å². The van der Waals surface area contributed by atoms with Crippen LogP contribution >= 0.6 is 0 Å². The number of benzene rings is 1. The molecule has 0 aliphatic heterocycles. The summed E-state index contributed by atoms with van der Waals surface area (Å²) in [6, 6.07) is 0.943. The number of nitrogens with one attached hydrogen (secondary N) is 2. The molecule has 0 saturated carbocycles. The lowest BCUT2D eigenvalue weighted by atomic mass is 10.2. The van der Waals surface area contributed by atoms with E-state index < -0.39 is 17.7 Å². The van der Waals surface area contributed by atoms with Gasteiger partial charge < -0.3 is 16.4 Å². The van der Waals surface area contributed by atoms with Gasteiger partial charge in [0.15, 0.2) is 5.82 Å². The fourth-order valence-corrected chi connectivity index (χ4v) is 0.901. The summed E-state index contributed by atoms with van der Waals surface area (Å²) >= 11 is 0. The van der Waals surface area contributed by atoms with Crippen molar-refractivity contribution in [2.75, 3.05) is 18.1 Å². The molecule has 1 aromatic rings. The molecule has 0 fully saturated rings. The second-order valence-electron chi connectivity index (χ2n) is 2.56. The smallest absolute Gasteiger partial charge is 0.319 e. The van der Waals surface area contributed by atoms with Gasteiger partial charge >= 0.3 is 6.03 Å². The van der Waals surface area contributed by atoms with Gasteiger partial charge in [-0.1, -0.05) is 0 Å². The van der Waals surface area contributed by atoms with Crippen LogP contribution in [0.15, 0.2) is 12.1 Å². The van der Waals surface area contributed by atoms with Crippen molar-refractivity contribution in [3.63, 3.8) is 0 Å². The number of nitrogens with two attached hydrogens (primary N) is 1. The molecule has 6 heteroatoms. The van der Waals surface area contributed by atoms with Crippen LogP contribution in [0.1, 0.15) is 0 Å². The lowest BCUT2D eigenvalue weighted by Gasteiger charge is -2.08. The first kappa shape index (κ1) is 10.2. The van der Waals surface area contributed by atoms with Gasteiger partial charge in [-0.15, -0.1) is 0 Å². The fourth-order valence-electron chi connectivity index (χ4n) is 0.901. The van der Waals surface area contributed by atoms with Crippen LogP contribution in [0.4, 0.5) is 25.0 Å². The molecule has 0 saturated heterocycles. The summed E-state index contributed by atoms with van der Waals surface area (Å²) in [6.07, 6.45) is 0. The summed E-state index contributed by atoms with van der Waals surface area (Å²) in [4.78, 5) is 10.8. The molecule has 0 atom stereocenters. The van der Waals surface area contributed by atoms with Gasteiger partial charge in [-0.05, 0) is 6.07 Å². The Labute approximate surface area is 79.1 Å². The Morgan fingerprint density at radius 1 is 1.43 bits per heavy atom. The van der Waals surface area contributed by atoms with Gasteiger partial charge in [0.25, 0.3) is 0 Å². The third-order valence-corrected chi connectivity index (χ3v) is 1.55. The molecule has 0 heterocycles. The molecule has 0 radical (unpaired) electrons. The Morgan fingerprint density at radius 3 is 2.57 bits per heavy atom. The molecular formula is C8H9F2N3O. The first-order chi connectivity index (χ1) is 6.54. The summed E-state index contributed by atoms with van der Waals surface area (Å²) in [5.74, 6) is -1.70. The monoisotopic (exact) mass is 201 g/mol. The third-order valence-electron chi connectivity index (χ3n) is 1.55. The van der Waals surface area contributed by atoms with E-state index in [2.05, 4.69) is 10.6 Å². The van der Waals surface area contributed by atoms with Gasteiger partial charge in [-0.2, -0.15) is 0 Å². The number of hydrogen-bond donors (Lipinski definition) is 3. The van der Waals surface area contributed by atoms with E-state index in [0.29, 0.717) is 6.07 Å². The van der Waals surface area contributed by atoms with Crippen molar-refractivity contribution in [3.8, 4) is 0 Å². The highest BCUT2D eigenvalue weighted by Crippen LogP contribution is 2.23. The molecule has 4 nitrogen and oxygen atoms in total. The first-order valence-corrected chi connectivity index (χ1v) is 3.78. The van der Waals surface area contributed by atoms with Gasteiger partial charge in [0.2, 0.25) is 0 Å².